The van der Waals surface area contributed by atoms with Crippen molar-refractivity contribution in [1.82, 2.24) is 19.9 Å². The van der Waals surface area contributed by atoms with Gasteiger partial charge in [-0.3, -0.25) is 4.90 Å². The molecule has 2 aromatic rings. The highest BCUT2D eigenvalue weighted by Crippen LogP contribution is 2.25. The molecule has 1 saturated heterocycles. The van der Waals surface area contributed by atoms with Crippen molar-refractivity contribution >= 4 is 5.82 Å². The van der Waals surface area contributed by atoms with Gasteiger partial charge >= 0.3 is 0 Å². The van der Waals surface area contributed by atoms with Crippen LogP contribution < -0.4 is 4.90 Å². The fourth-order valence-electron chi connectivity index (χ4n) is 3.99. The molecule has 2 aliphatic heterocycles. The monoisotopic (exact) mass is 351 g/mol. The lowest BCUT2D eigenvalue weighted by molar-refractivity contribution is 0.242. The first kappa shape index (κ1) is 17.4. The van der Waals surface area contributed by atoms with Crippen molar-refractivity contribution < 1.29 is 0 Å². The standard InChI is InChI=1S/C21H29N5/c1-16(2)20-23-13-18-15-25(12-8-19(18)24-20)14-17-7-6-9-22-21(17)26-10-4-3-5-11-26/h6-7,9,13,16H,3-5,8,10-12,14-15H2,1-2H3. The summed E-state index contributed by atoms with van der Waals surface area (Å²) in [5.74, 6) is 2.54. The number of hydrogen-bond acceptors (Lipinski definition) is 5. The maximum absolute atomic E-state index is 4.79. The van der Waals surface area contributed by atoms with Gasteiger partial charge in [-0.1, -0.05) is 19.9 Å². The van der Waals surface area contributed by atoms with Gasteiger partial charge in [0.2, 0.25) is 0 Å². The Morgan fingerprint density at radius 3 is 2.73 bits per heavy atom. The number of nitrogens with zero attached hydrogens (tertiary/aromatic N) is 5. The van der Waals surface area contributed by atoms with E-state index < -0.39 is 0 Å². The third-order valence-electron chi connectivity index (χ3n) is 5.47. The van der Waals surface area contributed by atoms with Crippen LogP contribution in [0.5, 0.6) is 0 Å². The number of piperidine rings is 1. The molecule has 4 heterocycles. The number of fused-ring (bicyclic) bond motifs is 1. The van der Waals surface area contributed by atoms with Crippen molar-refractivity contribution in [3.05, 3.63) is 47.2 Å². The molecule has 0 spiro atoms. The predicted octanol–water partition coefficient (Wildman–Crippen LogP) is 3.54. The molecule has 0 amide bonds. The maximum atomic E-state index is 4.79. The molecule has 0 unspecified atom stereocenters. The van der Waals surface area contributed by atoms with Crippen LogP contribution in [0.1, 0.15) is 61.7 Å². The third kappa shape index (κ3) is 3.73. The molecule has 5 nitrogen and oxygen atoms in total. The minimum atomic E-state index is 0.390. The number of anilines is 1. The van der Waals surface area contributed by atoms with Gasteiger partial charge in [0.25, 0.3) is 0 Å². The van der Waals surface area contributed by atoms with Crippen LogP contribution in [0.3, 0.4) is 0 Å². The van der Waals surface area contributed by atoms with Crippen LogP contribution in [-0.4, -0.2) is 39.5 Å². The molecular formula is C21H29N5. The molecule has 0 saturated carbocycles. The smallest absolute Gasteiger partial charge is 0.133 e. The highest BCUT2D eigenvalue weighted by molar-refractivity contribution is 5.47. The highest BCUT2D eigenvalue weighted by Gasteiger charge is 2.22. The molecule has 0 bridgehead atoms. The summed E-state index contributed by atoms with van der Waals surface area (Å²) in [6, 6.07) is 4.31. The SMILES string of the molecule is CC(C)c1ncc2c(n1)CCN(Cc1cccnc1N1CCCCC1)C2. The van der Waals surface area contributed by atoms with E-state index in [4.69, 9.17) is 9.97 Å². The van der Waals surface area contributed by atoms with E-state index >= 15 is 0 Å². The summed E-state index contributed by atoms with van der Waals surface area (Å²) >= 11 is 0. The van der Waals surface area contributed by atoms with Crippen LogP contribution in [0.2, 0.25) is 0 Å². The second-order valence-corrected chi connectivity index (χ2v) is 7.85. The Kier molecular flexibility index (Phi) is 5.16. The van der Waals surface area contributed by atoms with Gasteiger partial charge in [0.15, 0.2) is 0 Å². The minimum Gasteiger partial charge on any atom is -0.356 e. The highest BCUT2D eigenvalue weighted by atomic mass is 15.2. The van der Waals surface area contributed by atoms with E-state index in [-0.39, 0.29) is 0 Å². The molecule has 138 valence electrons. The van der Waals surface area contributed by atoms with Gasteiger partial charge < -0.3 is 4.90 Å². The average molecular weight is 351 g/mol. The molecule has 0 radical (unpaired) electrons. The van der Waals surface area contributed by atoms with Crippen LogP contribution in [-0.2, 0) is 19.5 Å². The Labute approximate surface area is 156 Å². The molecular weight excluding hydrogens is 322 g/mol. The van der Waals surface area contributed by atoms with Crippen LogP contribution in [0, 0.1) is 0 Å². The molecule has 2 aliphatic rings. The molecule has 2 aromatic heterocycles. The van der Waals surface area contributed by atoms with Crippen molar-refractivity contribution in [2.75, 3.05) is 24.5 Å². The van der Waals surface area contributed by atoms with E-state index in [1.54, 1.807) is 0 Å². The summed E-state index contributed by atoms with van der Waals surface area (Å²) in [4.78, 5) is 19.0. The Balaban J connectivity index is 1.49. The molecule has 4 rings (SSSR count). The van der Waals surface area contributed by atoms with Crippen molar-refractivity contribution in [2.45, 2.75) is 58.5 Å². The molecule has 5 heteroatoms. The first-order valence-corrected chi connectivity index (χ1v) is 9.96. The first-order chi connectivity index (χ1) is 12.7. The zero-order valence-electron chi connectivity index (χ0n) is 16.0. The van der Waals surface area contributed by atoms with E-state index in [0.717, 1.165) is 45.0 Å². The molecule has 1 fully saturated rings. The van der Waals surface area contributed by atoms with Crippen molar-refractivity contribution in [2.24, 2.45) is 0 Å². The summed E-state index contributed by atoms with van der Waals surface area (Å²) < 4.78 is 0. The quantitative estimate of drug-likeness (QED) is 0.843. The Hall–Kier alpha value is -2.01. The van der Waals surface area contributed by atoms with Crippen molar-refractivity contribution in [3.63, 3.8) is 0 Å². The molecule has 26 heavy (non-hydrogen) atoms. The lowest BCUT2D eigenvalue weighted by Crippen LogP contribution is -2.34. The summed E-state index contributed by atoms with van der Waals surface area (Å²) in [6.45, 7) is 9.52. The number of hydrogen-bond donors (Lipinski definition) is 0. The number of rotatable bonds is 4. The first-order valence-electron chi connectivity index (χ1n) is 9.96. The molecule has 0 N–H and O–H groups in total. The van der Waals surface area contributed by atoms with Gasteiger partial charge in [-0.05, 0) is 25.3 Å². The van der Waals surface area contributed by atoms with Gasteiger partial charge in [-0.2, -0.15) is 0 Å². The van der Waals surface area contributed by atoms with E-state index in [9.17, 15) is 0 Å². The number of aromatic nitrogens is 3. The Bertz CT molecular complexity index is 752. The Morgan fingerprint density at radius 1 is 1.08 bits per heavy atom. The maximum Gasteiger partial charge on any atom is 0.133 e. The fourth-order valence-corrected chi connectivity index (χ4v) is 3.99. The summed E-state index contributed by atoms with van der Waals surface area (Å²) in [6.07, 6.45) is 8.89. The molecule has 0 aliphatic carbocycles. The third-order valence-corrected chi connectivity index (χ3v) is 5.47. The van der Waals surface area contributed by atoms with Gasteiger partial charge in [0, 0.05) is 74.3 Å². The summed E-state index contributed by atoms with van der Waals surface area (Å²) in [5, 5.41) is 0. The molecule has 0 aromatic carbocycles. The van der Waals surface area contributed by atoms with Gasteiger partial charge in [-0.15, -0.1) is 0 Å². The second-order valence-electron chi connectivity index (χ2n) is 7.85. The van der Waals surface area contributed by atoms with E-state index in [1.165, 1.54) is 41.9 Å². The average Bonchev–Trinajstić information content (AvgIpc) is 2.68. The second kappa shape index (κ2) is 7.70. The Morgan fingerprint density at radius 2 is 1.92 bits per heavy atom. The summed E-state index contributed by atoms with van der Waals surface area (Å²) in [7, 11) is 0. The zero-order valence-corrected chi connectivity index (χ0v) is 16.0. The largest absolute Gasteiger partial charge is 0.356 e. The minimum absolute atomic E-state index is 0.390. The van der Waals surface area contributed by atoms with Crippen molar-refractivity contribution in [3.8, 4) is 0 Å². The van der Waals surface area contributed by atoms with E-state index in [0.29, 0.717) is 5.92 Å². The van der Waals surface area contributed by atoms with Crippen LogP contribution >= 0.6 is 0 Å². The fraction of sp³-hybridized carbons (Fsp3) is 0.571. The lowest BCUT2D eigenvalue weighted by atomic mass is 10.0. The topological polar surface area (TPSA) is 45.2 Å². The zero-order chi connectivity index (χ0) is 17.9. The van der Waals surface area contributed by atoms with Gasteiger partial charge in [0.1, 0.15) is 11.6 Å². The lowest BCUT2D eigenvalue weighted by Gasteiger charge is -2.32. The van der Waals surface area contributed by atoms with E-state index in [1.807, 2.05) is 12.4 Å². The van der Waals surface area contributed by atoms with Gasteiger partial charge in [-0.25, -0.2) is 15.0 Å². The van der Waals surface area contributed by atoms with Crippen LogP contribution in [0.15, 0.2) is 24.5 Å². The van der Waals surface area contributed by atoms with Crippen molar-refractivity contribution in [1.29, 1.82) is 0 Å². The van der Waals surface area contributed by atoms with E-state index in [2.05, 4.69) is 40.8 Å². The van der Waals surface area contributed by atoms with Crippen LogP contribution in [0.25, 0.3) is 0 Å². The predicted molar refractivity (Wildman–Crippen MR) is 104 cm³/mol. The normalized spacial score (nSPS) is 18.2. The molecule has 0 atom stereocenters. The number of pyridine rings is 1. The summed E-state index contributed by atoms with van der Waals surface area (Å²) in [5.41, 5.74) is 3.86. The van der Waals surface area contributed by atoms with Gasteiger partial charge in [0.05, 0.1) is 0 Å². The van der Waals surface area contributed by atoms with Crippen LogP contribution in [0.4, 0.5) is 5.82 Å².